The lowest BCUT2D eigenvalue weighted by molar-refractivity contribution is 0.154. The van der Waals surface area contributed by atoms with E-state index in [1.807, 2.05) is 0 Å². The van der Waals surface area contributed by atoms with E-state index >= 15 is 0 Å². The maximum Gasteiger partial charge on any atom is 0.243 e. The van der Waals surface area contributed by atoms with Crippen LogP contribution in [-0.2, 0) is 10.0 Å². The molecule has 1 aliphatic rings. The second-order valence-corrected chi connectivity index (χ2v) is 7.41. The SMILES string of the molecule is Cc1c(N)cccc1S(=O)(=O)N1CCN(C(C)C)CC1. The molecule has 5 nitrogen and oxygen atoms in total. The van der Waals surface area contributed by atoms with E-state index in [0.717, 1.165) is 13.1 Å². The number of piperazine rings is 1. The highest BCUT2D eigenvalue weighted by Crippen LogP contribution is 2.24. The molecule has 0 unspecified atom stereocenters. The van der Waals surface area contributed by atoms with Gasteiger partial charge < -0.3 is 5.73 Å². The van der Waals surface area contributed by atoms with Crippen molar-refractivity contribution in [3.63, 3.8) is 0 Å². The lowest BCUT2D eigenvalue weighted by atomic mass is 10.2. The lowest BCUT2D eigenvalue weighted by Gasteiger charge is -2.36. The summed E-state index contributed by atoms with van der Waals surface area (Å²) in [5, 5.41) is 0. The zero-order valence-electron chi connectivity index (χ0n) is 12.3. The summed E-state index contributed by atoms with van der Waals surface area (Å²) < 4.78 is 26.9. The Morgan fingerprint density at radius 3 is 2.30 bits per heavy atom. The average molecular weight is 297 g/mol. The number of rotatable bonds is 3. The maximum absolute atomic E-state index is 12.7. The van der Waals surface area contributed by atoms with Gasteiger partial charge in [0.05, 0.1) is 4.90 Å². The number of nitrogen functional groups attached to an aromatic ring is 1. The van der Waals surface area contributed by atoms with Gasteiger partial charge in [-0.3, -0.25) is 4.90 Å². The molecule has 0 bridgehead atoms. The van der Waals surface area contributed by atoms with Crippen molar-refractivity contribution in [3.8, 4) is 0 Å². The maximum atomic E-state index is 12.7. The largest absolute Gasteiger partial charge is 0.398 e. The molecule has 1 aliphatic heterocycles. The fourth-order valence-electron chi connectivity index (χ4n) is 2.51. The minimum absolute atomic E-state index is 0.329. The molecule has 20 heavy (non-hydrogen) atoms. The second-order valence-electron chi connectivity index (χ2n) is 5.50. The van der Waals surface area contributed by atoms with E-state index in [1.165, 1.54) is 0 Å². The quantitative estimate of drug-likeness (QED) is 0.854. The van der Waals surface area contributed by atoms with Gasteiger partial charge in [0, 0.05) is 37.9 Å². The standard InChI is InChI=1S/C14H23N3O2S/c1-11(2)16-7-9-17(10-8-16)20(18,19)14-6-4-5-13(15)12(14)3/h4-6,11H,7-10,15H2,1-3H3. The Hall–Kier alpha value is -1.11. The molecule has 0 spiro atoms. The highest BCUT2D eigenvalue weighted by molar-refractivity contribution is 7.89. The topological polar surface area (TPSA) is 66.6 Å². The third-order valence-corrected chi connectivity index (χ3v) is 5.99. The molecule has 0 amide bonds. The Kier molecular flexibility index (Phi) is 4.36. The lowest BCUT2D eigenvalue weighted by Crippen LogP contribution is -2.50. The summed E-state index contributed by atoms with van der Waals surface area (Å²) in [5.41, 5.74) is 6.98. The second kappa shape index (κ2) is 5.71. The minimum atomic E-state index is -3.44. The van der Waals surface area contributed by atoms with E-state index in [-0.39, 0.29) is 0 Å². The Bertz CT molecular complexity index is 576. The van der Waals surface area contributed by atoms with Gasteiger partial charge in [0.25, 0.3) is 0 Å². The number of hydrogen-bond donors (Lipinski definition) is 1. The molecule has 0 atom stereocenters. The Labute approximate surface area is 121 Å². The van der Waals surface area contributed by atoms with E-state index in [9.17, 15) is 8.42 Å². The highest BCUT2D eigenvalue weighted by Gasteiger charge is 2.30. The van der Waals surface area contributed by atoms with E-state index in [0.29, 0.717) is 35.3 Å². The van der Waals surface area contributed by atoms with Crippen LogP contribution in [0.2, 0.25) is 0 Å². The van der Waals surface area contributed by atoms with Gasteiger partial charge in [0.1, 0.15) is 0 Å². The molecule has 0 aromatic heterocycles. The molecule has 0 radical (unpaired) electrons. The van der Waals surface area contributed by atoms with Crippen LogP contribution in [0, 0.1) is 6.92 Å². The number of hydrogen-bond acceptors (Lipinski definition) is 4. The minimum Gasteiger partial charge on any atom is -0.398 e. The molecule has 1 aromatic rings. The van der Waals surface area contributed by atoms with Gasteiger partial charge in [-0.25, -0.2) is 8.42 Å². The molecule has 1 fully saturated rings. The molecular weight excluding hydrogens is 274 g/mol. The zero-order valence-corrected chi connectivity index (χ0v) is 13.2. The fraction of sp³-hybridized carbons (Fsp3) is 0.571. The smallest absolute Gasteiger partial charge is 0.243 e. The van der Waals surface area contributed by atoms with E-state index < -0.39 is 10.0 Å². The van der Waals surface area contributed by atoms with Crippen molar-refractivity contribution < 1.29 is 8.42 Å². The molecular formula is C14H23N3O2S. The Morgan fingerprint density at radius 1 is 1.15 bits per heavy atom. The molecule has 0 saturated carbocycles. The first kappa shape index (κ1) is 15.3. The third-order valence-electron chi connectivity index (χ3n) is 3.95. The van der Waals surface area contributed by atoms with Crippen LogP contribution in [0.3, 0.4) is 0 Å². The number of nitrogens with zero attached hydrogens (tertiary/aromatic N) is 2. The normalized spacial score (nSPS) is 18.6. The van der Waals surface area contributed by atoms with Crippen molar-refractivity contribution in [3.05, 3.63) is 23.8 Å². The van der Waals surface area contributed by atoms with Crippen molar-refractivity contribution in [1.82, 2.24) is 9.21 Å². The number of anilines is 1. The van der Waals surface area contributed by atoms with Gasteiger partial charge in [-0.1, -0.05) is 6.07 Å². The van der Waals surface area contributed by atoms with Gasteiger partial charge in [-0.2, -0.15) is 4.31 Å². The molecule has 112 valence electrons. The van der Waals surface area contributed by atoms with Crippen molar-refractivity contribution >= 4 is 15.7 Å². The Morgan fingerprint density at radius 2 is 1.75 bits per heavy atom. The van der Waals surface area contributed by atoms with E-state index in [2.05, 4.69) is 18.7 Å². The van der Waals surface area contributed by atoms with Crippen LogP contribution in [0.25, 0.3) is 0 Å². The van der Waals surface area contributed by atoms with Crippen molar-refractivity contribution in [2.45, 2.75) is 31.7 Å². The predicted octanol–water partition coefficient (Wildman–Crippen LogP) is 1.29. The van der Waals surface area contributed by atoms with Gasteiger partial charge in [0.2, 0.25) is 10.0 Å². The number of sulfonamides is 1. The predicted molar refractivity (Wildman–Crippen MR) is 81.1 cm³/mol. The van der Waals surface area contributed by atoms with Crippen LogP contribution >= 0.6 is 0 Å². The monoisotopic (exact) mass is 297 g/mol. The first-order chi connectivity index (χ1) is 9.34. The van der Waals surface area contributed by atoms with Crippen LogP contribution < -0.4 is 5.73 Å². The van der Waals surface area contributed by atoms with E-state index in [4.69, 9.17) is 5.73 Å². The first-order valence-electron chi connectivity index (χ1n) is 6.93. The number of nitrogens with two attached hydrogens (primary N) is 1. The molecule has 6 heteroatoms. The van der Waals surface area contributed by atoms with Gasteiger partial charge in [-0.05, 0) is 38.5 Å². The summed E-state index contributed by atoms with van der Waals surface area (Å²) in [4.78, 5) is 2.62. The third kappa shape index (κ3) is 2.82. The average Bonchev–Trinajstić information content (AvgIpc) is 2.41. The van der Waals surface area contributed by atoms with Crippen molar-refractivity contribution in [2.75, 3.05) is 31.9 Å². The molecule has 0 aliphatic carbocycles. The van der Waals surface area contributed by atoms with Crippen molar-refractivity contribution in [1.29, 1.82) is 0 Å². The summed E-state index contributed by atoms with van der Waals surface area (Å²) in [6.45, 7) is 8.64. The summed E-state index contributed by atoms with van der Waals surface area (Å²) in [6, 6.07) is 5.51. The highest BCUT2D eigenvalue weighted by atomic mass is 32.2. The summed E-state index contributed by atoms with van der Waals surface area (Å²) >= 11 is 0. The van der Waals surface area contributed by atoms with Crippen molar-refractivity contribution in [2.24, 2.45) is 0 Å². The molecule has 1 saturated heterocycles. The van der Waals surface area contributed by atoms with E-state index in [1.54, 1.807) is 29.4 Å². The summed E-state index contributed by atoms with van der Waals surface area (Å²) in [6.07, 6.45) is 0. The van der Waals surface area contributed by atoms with Gasteiger partial charge in [0.15, 0.2) is 0 Å². The molecule has 2 N–H and O–H groups in total. The van der Waals surface area contributed by atoms with Crippen LogP contribution in [-0.4, -0.2) is 49.8 Å². The fourth-order valence-corrected chi connectivity index (χ4v) is 4.19. The van der Waals surface area contributed by atoms with Crippen LogP contribution in [0.15, 0.2) is 23.1 Å². The van der Waals surface area contributed by atoms with Gasteiger partial charge in [-0.15, -0.1) is 0 Å². The first-order valence-corrected chi connectivity index (χ1v) is 8.37. The molecule has 2 rings (SSSR count). The molecule has 1 aromatic carbocycles. The van der Waals surface area contributed by atoms with Gasteiger partial charge >= 0.3 is 0 Å². The summed E-state index contributed by atoms with van der Waals surface area (Å²) in [7, 11) is -3.44. The summed E-state index contributed by atoms with van der Waals surface area (Å²) in [5.74, 6) is 0. The zero-order chi connectivity index (χ0) is 14.9. The van der Waals surface area contributed by atoms with Crippen LogP contribution in [0.5, 0.6) is 0 Å². The number of benzene rings is 1. The Balaban J connectivity index is 2.22. The van der Waals surface area contributed by atoms with Crippen LogP contribution in [0.4, 0.5) is 5.69 Å². The molecule has 1 heterocycles. The van der Waals surface area contributed by atoms with Crippen LogP contribution in [0.1, 0.15) is 19.4 Å².